The minimum absolute atomic E-state index is 0.0337. The SMILES string of the molecule is O=C(NS(=O)(=O)c1cccs1)[N+]1([O-])CCN=N1. The lowest BCUT2D eigenvalue weighted by atomic mass is 10.6. The first-order valence-electron chi connectivity index (χ1n) is 4.53. The Morgan fingerprint density at radius 3 is 2.88 bits per heavy atom. The minimum Gasteiger partial charge on any atom is -0.594 e. The molecule has 1 N–H and O–H groups in total. The summed E-state index contributed by atoms with van der Waals surface area (Å²) in [5.41, 5.74) is 0. The van der Waals surface area contributed by atoms with Gasteiger partial charge in [0.25, 0.3) is 10.0 Å². The first-order valence-corrected chi connectivity index (χ1v) is 6.89. The number of nitrogens with zero attached hydrogens (tertiary/aromatic N) is 3. The van der Waals surface area contributed by atoms with Gasteiger partial charge in [0.15, 0.2) is 0 Å². The van der Waals surface area contributed by atoms with Crippen LogP contribution in [0.25, 0.3) is 0 Å². The third kappa shape index (κ3) is 2.34. The number of quaternary nitrogens is 1. The standard InChI is InChI=1S/C7H8N4O4S2/c12-7(11(13)4-3-8-10-11)9-17(14,15)6-2-1-5-16-6/h1-2,5H,3-4H2,(H,9,12). The summed E-state index contributed by atoms with van der Waals surface area (Å²) in [6.45, 7) is -0.0816. The molecule has 1 aromatic rings. The summed E-state index contributed by atoms with van der Waals surface area (Å²) in [7, 11) is -3.99. The maximum Gasteiger partial charge on any atom is 0.458 e. The van der Waals surface area contributed by atoms with E-state index in [1.54, 1.807) is 10.1 Å². The first-order chi connectivity index (χ1) is 7.94. The number of nitrogens with one attached hydrogen (secondary N) is 1. The summed E-state index contributed by atoms with van der Waals surface area (Å²) in [6, 6.07) is 1.61. The van der Waals surface area contributed by atoms with Crippen molar-refractivity contribution in [3.63, 3.8) is 0 Å². The molecule has 2 rings (SSSR count). The highest BCUT2D eigenvalue weighted by atomic mass is 32.2. The van der Waals surface area contributed by atoms with E-state index in [0.29, 0.717) is 0 Å². The number of hydrogen-bond donors (Lipinski definition) is 1. The van der Waals surface area contributed by atoms with Crippen molar-refractivity contribution < 1.29 is 18.0 Å². The molecule has 0 saturated carbocycles. The van der Waals surface area contributed by atoms with Crippen LogP contribution in [-0.2, 0) is 10.0 Å². The number of hydrogen-bond acceptors (Lipinski definition) is 7. The van der Waals surface area contributed by atoms with Crippen molar-refractivity contribution in [3.8, 4) is 0 Å². The summed E-state index contributed by atoms with van der Waals surface area (Å²) in [6.07, 6.45) is 0. The van der Waals surface area contributed by atoms with Gasteiger partial charge in [-0.15, -0.1) is 21.2 Å². The summed E-state index contributed by atoms with van der Waals surface area (Å²) in [5, 5.41) is 19.8. The molecule has 0 aromatic carbocycles. The second-order valence-corrected chi connectivity index (χ2v) is 6.08. The average Bonchev–Trinajstić information content (AvgIpc) is 2.87. The summed E-state index contributed by atoms with van der Waals surface area (Å²) in [5.74, 6) is 0. The lowest BCUT2D eigenvalue weighted by Gasteiger charge is -2.25. The molecule has 0 saturated heterocycles. The monoisotopic (exact) mass is 276 g/mol. The van der Waals surface area contributed by atoms with Gasteiger partial charge in [-0.2, -0.15) is 4.72 Å². The van der Waals surface area contributed by atoms with Gasteiger partial charge >= 0.3 is 6.03 Å². The van der Waals surface area contributed by atoms with Crippen LogP contribution in [-0.4, -0.2) is 32.3 Å². The fourth-order valence-electron chi connectivity index (χ4n) is 1.17. The van der Waals surface area contributed by atoms with E-state index in [0.717, 1.165) is 11.3 Å². The Kier molecular flexibility index (Phi) is 2.95. The van der Waals surface area contributed by atoms with Crippen molar-refractivity contribution in [1.82, 2.24) is 4.72 Å². The first kappa shape index (κ1) is 12.1. The number of urea groups is 1. The van der Waals surface area contributed by atoms with E-state index in [1.807, 2.05) is 0 Å². The fourth-order valence-corrected chi connectivity index (χ4v) is 3.14. The van der Waals surface area contributed by atoms with Gasteiger partial charge in [0.2, 0.25) is 0 Å². The van der Waals surface area contributed by atoms with Gasteiger partial charge in [-0.3, -0.25) is 0 Å². The molecule has 8 nitrogen and oxygen atoms in total. The van der Waals surface area contributed by atoms with Crippen molar-refractivity contribution in [2.24, 2.45) is 10.3 Å². The van der Waals surface area contributed by atoms with Crippen LogP contribution in [0.4, 0.5) is 4.79 Å². The van der Waals surface area contributed by atoms with Gasteiger partial charge in [0.05, 0.1) is 0 Å². The molecule has 2 heterocycles. The van der Waals surface area contributed by atoms with E-state index in [1.165, 1.54) is 12.1 Å². The van der Waals surface area contributed by atoms with E-state index in [9.17, 15) is 18.4 Å². The molecule has 1 unspecified atom stereocenters. The molecular weight excluding hydrogens is 268 g/mol. The molecule has 0 aliphatic carbocycles. The van der Waals surface area contributed by atoms with Gasteiger partial charge in [-0.25, -0.2) is 13.2 Å². The van der Waals surface area contributed by atoms with E-state index in [4.69, 9.17) is 0 Å². The zero-order valence-corrected chi connectivity index (χ0v) is 10.1. The lowest BCUT2D eigenvalue weighted by molar-refractivity contribution is -0.799. The number of hydroxylamine groups is 2. The molecule has 10 heteroatoms. The smallest absolute Gasteiger partial charge is 0.458 e. The molecule has 92 valence electrons. The molecule has 0 bridgehead atoms. The van der Waals surface area contributed by atoms with Crippen molar-refractivity contribution in [3.05, 3.63) is 22.7 Å². The second-order valence-electron chi connectivity index (χ2n) is 3.22. The van der Waals surface area contributed by atoms with Gasteiger partial charge in [-0.1, -0.05) is 6.07 Å². The quantitative estimate of drug-likeness (QED) is 0.637. The van der Waals surface area contributed by atoms with Crippen molar-refractivity contribution in [1.29, 1.82) is 0 Å². The van der Waals surface area contributed by atoms with Crippen LogP contribution in [0.1, 0.15) is 0 Å². The highest BCUT2D eigenvalue weighted by Crippen LogP contribution is 2.18. The average molecular weight is 276 g/mol. The van der Waals surface area contributed by atoms with Crippen LogP contribution < -0.4 is 4.72 Å². The van der Waals surface area contributed by atoms with E-state index >= 15 is 0 Å². The van der Waals surface area contributed by atoms with Crippen LogP contribution in [0.5, 0.6) is 0 Å². The summed E-state index contributed by atoms with van der Waals surface area (Å²) < 4.78 is 23.3. The minimum atomic E-state index is -3.99. The number of sulfonamides is 1. The maximum atomic E-state index is 11.7. The fraction of sp³-hybridized carbons (Fsp3) is 0.286. The van der Waals surface area contributed by atoms with E-state index in [2.05, 4.69) is 10.3 Å². The largest absolute Gasteiger partial charge is 0.594 e. The molecule has 1 atom stereocenters. The number of rotatable bonds is 2. The molecule has 0 radical (unpaired) electrons. The third-order valence-corrected chi connectivity index (χ3v) is 4.73. The number of thiophene rings is 1. The van der Waals surface area contributed by atoms with Crippen LogP contribution in [0.3, 0.4) is 0 Å². The Labute approximate surface area is 101 Å². The predicted octanol–water partition coefficient (Wildman–Crippen LogP) is 0.842. The van der Waals surface area contributed by atoms with Crippen molar-refractivity contribution >= 4 is 27.4 Å². The second kappa shape index (κ2) is 4.14. The van der Waals surface area contributed by atoms with Gasteiger partial charge in [0.1, 0.15) is 17.3 Å². The molecule has 1 aliphatic heterocycles. The molecule has 2 amide bonds. The van der Waals surface area contributed by atoms with Crippen molar-refractivity contribution in [2.75, 3.05) is 13.1 Å². The van der Waals surface area contributed by atoms with Gasteiger partial charge in [-0.05, 0) is 11.4 Å². The number of carbonyl (C=O) groups is 1. The highest BCUT2D eigenvalue weighted by molar-refractivity contribution is 7.92. The summed E-state index contributed by atoms with van der Waals surface area (Å²) >= 11 is 0.948. The van der Waals surface area contributed by atoms with E-state index < -0.39 is 20.8 Å². The third-order valence-electron chi connectivity index (χ3n) is 2.01. The maximum absolute atomic E-state index is 11.7. The van der Waals surface area contributed by atoms with Crippen LogP contribution in [0.2, 0.25) is 0 Å². The van der Waals surface area contributed by atoms with Crippen molar-refractivity contribution in [2.45, 2.75) is 4.21 Å². The Morgan fingerprint density at radius 1 is 1.59 bits per heavy atom. The number of carbonyl (C=O) groups excluding carboxylic acids is 1. The molecule has 0 fully saturated rings. The lowest BCUT2D eigenvalue weighted by Crippen LogP contribution is -2.49. The van der Waals surface area contributed by atoms with Crippen LogP contribution >= 0.6 is 11.3 Å². The number of amides is 2. The Morgan fingerprint density at radius 2 is 2.35 bits per heavy atom. The topological polar surface area (TPSA) is 111 Å². The zero-order valence-electron chi connectivity index (χ0n) is 8.44. The van der Waals surface area contributed by atoms with Crippen LogP contribution in [0, 0.1) is 5.21 Å². The highest BCUT2D eigenvalue weighted by Gasteiger charge is 2.35. The predicted molar refractivity (Wildman–Crippen MR) is 58.3 cm³/mol. The van der Waals surface area contributed by atoms with Gasteiger partial charge in [0, 0.05) is 5.22 Å². The molecule has 1 aliphatic rings. The Hall–Kier alpha value is -1.36. The van der Waals surface area contributed by atoms with Crippen LogP contribution in [0.15, 0.2) is 32.1 Å². The molecule has 1 aromatic heterocycles. The molecule has 0 spiro atoms. The van der Waals surface area contributed by atoms with Gasteiger partial charge < -0.3 is 5.21 Å². The summed E-state index contributed by atoms with van der Waals surface area (Å²) in [4.78, 5) is 11.5. The molecular formula is C7H8N4O4S2. The Bertz CT molecular complexity index is 552. The van der Waals surface area contributed by atoms with E-state index in [-0.39, 0.29) is 17.3 Å². The Balaban J connectivity index is 2.17. The normalized spacial score (nSPS) is 23.8. The zero-order chi connectivity index (χ0) is 12.5. The molecule has 17 heavy (non-hydrogen) atoms.